The summed E-state index contributed by atoms with van der Waals surface area (Å²) in [6.45, 7) is 0. The lowest BCUT2D eigenvalue weighted by atomic mass is 10.0. The summed E-state index contributed by atoms with van der Waals surface area (Å²) in [7, 11) is 0. The van der Waals surface area contributed by atoms with Crippen molar-refractivity contribution in [1.82, 2.24) is 0 Å². The molecule has 0 spiro atoms. The van der Waals surface area contributed by atoms with E-state index in [2.05, 4.69) is 9.47 Å². The molecule has 9 heteroatoms. The average Bonchev–Trinajstić information content (AvgIpc) is 3.07. The van der Waals surface area contributed by atoms with Crippen molar-refractivity contribution in [2.75, 3.05) is 0 Å². The standard InChI is InChI=1S/C12H10F6O3/c13-11(14,15)20-7-3-4-8(10(19)6-1-2-6)9(5-7)21-12(16,17)18/h3-6,10,19H,1-2H2. The van der Waals surface area contributed by atoms with Crippen LogP contribution in [0.2, 0.25) is 0 Å². The molecule has 0 saturated heterocycles. The first-order valence-corrected chi connectivity index (χ1v) is 5.89. The molecule has 1 unspecified atom stereocenters. The molecule has 1 saturated carbocycles. The molecular weight excluding hydrogens is 306 g/mol. The minimum atomic E-state index is -5.09. The number of halogens is 6. The Labute approximate surface area is 115 Å². The molecule has 1 fully saturated rings. The third-order valence-electron chi connectivity index (χ3n) is 2.83. The second-order valence-corrected chi connectivity index (χ2v) is 4.58. The van der Waals surface area contributed by atoms with Crippen molar-refractivity contribution in [3.8, 4) is 11.5 Å². The molecule has 118 valence electrons. The van der Waals surface area contributed by atoms with E-state index in [-0.39, 0.29) is 11.5 Å². The summed E-state index contributed by atoms with van der Waals surface area (Å²) in [5.74, 6) is -1.97. The van der Waals surface area contributed by atoms with Gasteiger partial charge in [0.05, 0.1) is 6.10 Å². The van der Waals surface area contributed by atoms with E-state index < -0.39 is 30.3 Å². The first-order valence-electron chi connectivity index (χ1n) is 5.89. The molecule has 0 bridgehead atoms. The van der Waals surface area contributed by atoms with Crippen LogP contribution in [0.3, 0.4) is 0 Å². The Bertz CT molecular complexity index is 507. The van der Waals surface area contributed by atoms with Gasteiger partial charge in [-0.05, 0) is 30.9 Å². The summed E-state index contributed by atoms with van der Waals surface area (Å²) < 4.78 is 80.4. The van der Waals surface area contributed by atoms with Crippen LogP contribution in [-0.4, -0.2) is 17.8 Å². The van der Waals surface area contributed by atoms with Crippen molar-refractivity contribution < 1.29 is 40.9 Å². The lowest BCUT2D eigenvalue weighted by Crippen LogP contribution is -2.20. The van der Waals surface area contributed by atoms with E-state index in [9.17, 15) is 31.4 Å². The van der Waals surface area contributed by atoms with Crippen LogP contribution in [0.4, 0.5) is 26.3 Å². The summed E-state index contributed by atoms with van der Waals surface area (Å²) in [5.41, 5.74) is -0.218. The largest absolute Gasteiger partial charge is 0.573 e. The zero-order valence-corrected chi connectivity index (χ0v) is 10.3. The van der Waals surface area contributed by atoms with Crippen molar-refractivity contribution in [3.05, 3.63) is 23.8 Å². The lowest BCUT2D eigenvalue weighted by Gasteiger charge is -2.18. The molecule has 1 aromatic carbocycles. The second-order valence-electron chi connectivity index (χ2n) is 4.58. The van der Waals surface area contributed by atoms with Crippen molar-refractivity contribution >= 4 is 0 Å². The van der Waals surface area contributed by atoms with Gasteiger partial charge in [0.15, 0.2) is 0 Å². The van der Waals surface area contributed by atoms with Gasteiger partial charge >= 0.3 is 12.7 Å². The van der Waals surface area contributed by atoms with Gasteiger partial charge in [-0.1, -0.05) is 0 Å². The maximum absolute atomic E-state index is 12.3. The fourth-order valence-electron chi connectivity index (χ4n) is 1.84. The number of hydrogen-bond acceptors (Lipinski definition) is 3. The van der Waals surface area contributed by atoms with Crippen LogP contribution in [0.25, 0.3) is 0 Å². The van der Waals surface area contributed by atoms with Gasteiger partial charge < -0.3 is 14.6 Å². The van der Waals surface area contributed by atoms with E-state index >= 15 is 0 Å². The maximum Gasteiger partial charge on any atom is 0.573 e. The van der Waals surface area contributed by atoms with Gasteiger partial charge in [-0.15, -0.1) is 26.3 Å². The molecule has 3 nitrogen and oxygen atoms in total. The van der Waals surface area contributed by atoms with Gasteiger partial charge in [0.1, 0.15) is 11.5 Å². The van der Waals surface area contributed by atoms with Gasteiger partial charge in [0, 0.05) is 11.6 Å². The van der Waals surface area contributed by atoms with Crippen LogP contribution in [0, 0.1) is 5.92 Å². The summed E-state index contributed by atoms with van der Waals surface area (Å²) in [4.78, 5) is 0. The molecular formula is C12H10F6O3. The van der Waals surface area contributed by atoms with Gasteiger partial charge in [-0.2, -0.15) is 0 Å². The zero-order chi connectivity index (χ0) is 15.8. The molecule has 1 aliphatic carbocycles. The van der Waals surface area contributed by atoms with Crippen LogP contribution in [0.5, 0.6) is 11.5 Å². The summed E-state index contributed by atoms with van der Waals surface area (Å²) in [6.07, 6.45) is -10.1. The molecule has 0 amide bonds. The van der Waals surface area contributed by atoms with Crippen LogP contribution in [0.15, 0.2) is 18.2 Å². The highest BCUT2D eigenvalue weighted by Crippen LogP contribution is 2.45. The number of rotatable bonds is 4. The monoisotopic (exact) mass is 316 g/mol. The van der Waals surface area contributed by atoms with Crippen molar-refractivity contribution in [2.24, 2.45) is 5.92 Å². The molecule has 21 heavy (non-hydrogen) atoms. The van der Waals surface area contributed by atoms with E-state index in [0.29, 0.717) is 18.9 Å². The molecule has 0 heterocycles. The van der Waals surface area contributed by atoms with Gasteiger partial charge in [0.25, 0.3) is 0 Å². The highest BCUT2D eigenvalue weighted by molar-refractivity contribution is 5.42. The van der Waals surface area contributed by atoms with Gasteiger partial charge in [-0.25, -0.2) is 0 Å². The predicted molar refractivity (Wildman–Crippen MR) is 57.5 cm³/mol. The normalized spacial score (nSPS) is 17.5. The van der Waals surface area contributed by atoms with Crippen molar-refractivity contribution in [3.63, 3.8) is 0 Å². The third-order valence-corrected chi connectivity index (χ3v) is 2.83. The Morgan fingerprint density at radius 1 is 1.00 bits per heavy atom. The Kier molecular flexibility index (Phi) is 3.96. The van der Waals surface area contributed by atoms with Gasteiger partial charge in [-0.3, -0.25) is 0 Å². The molecule has 0 aromatic heterocycles. The van der Waals surface area contributed by atoms with Crippen LogP contribution >= 0.6 is 0 Å². The predicted octanol–water partition coefficient (Wildman–Crippen LogP) is 3.93. The zero-order valence-electron chi connectivity index (χ0n) is 10.3. The van der Waals surface area contributed by atoms with Crippen LogP contribution in [0.1, 0.15) is 24.5 Å². The molecule has 1 aliphatic rings. The summed E-state index contributed by atoms with van der Waals surface area (Å²) in [6, 6.07) is 2.23. The fourth-order valence-corrected chi connectivity index (χ4v) is 1.84. The van der Waals surface area contributed by atoms with E-state index in [1.807, 2.05) is 0 Å². The number of alkyl halides is 6. The minimum Gasteiger partial charge on any atom is -0.406 e. The maximum atomic E-state index is 12.3. The van der Waals surface area contributed by atoms with E-state index in [4.69, 9.17) is 0 Å². The number of aliphatic hydroxyl groups is 1. The first-order chi connectivity index (χ1) is 9.55. The fraction of sp³-hybridized carbons (Fsp3) is 0.500. The number of hydrogen-bond donors (Lipinski definition) is 1. The quantitative estimate of drug-likeness (QED) is 0.856. The lowest BCUT2D eigenvalue weighted by molar-refractivity contribution is -0.276. The topological polar surface area (TPSA) is 38.7 Å². The van der Waals surface area contributed by atoms with Crippen LogP contribution in [-0.2, 0) is 0 Å². The number of ether oxygens (including phenoxy) is 2. The smallest absolute Gasteiger partial charge is 0.406 e. The van der Waals surface area contributed by atoms with Crippen molar-refractivity contribution in [1.29, 1.82) is 0 Å². The Morgan fingerprint density at radius 2 is 1.57 bits per heavy atom. The van der Waals surface area contributed by atoms with Crippen molar-refractivity contribution in [2.45, 2.75) is 31.7 Å². The Morgan fingerprint density at radius 3 is 2.05 bits per heavy atom. The Hall–Kier alpha value is -1.64. The summed E-state index contributed by atoms with van der Waals surface area (Å²) >= 11 is 0. The highest BCUT2D eigenvalue weighted by atomic mass is 19.4. The Balaban J connectivity index is 2.31. The van der Waals surface area contributed by atoms with Gasteiger partial charge in [0.2, 0.25) is 0 Å². The van der Waals surface area contributed by atoms with E-state index in [0.717, 1.165) is 12.1 Å². The summed E-state index contributed by atoms with van der Waals surface area (Å²) in [5, 5.41) is 9.85. The van der Waals surface area contributed by atoms with E-state index in [1.54, 1.807) is 0 Å². The second kappa shape index (κ2) is 5.28. The average molecular weight is 316 g/mol. The minimum absolute atomic E-state index is 0.213. The molecule has 0 radical (unpaired) electrons. The van der Waals surface area contributed by atoms with E-state index in [1.165, 1.54) is 0 Å². The highest BCUT2D eigenvalue weighted by Gasteiger charge is 2.38. The van der Waals surface area contributed by atoms with Crippen LogP contribution < -0.4 is 9.47 Å². The first kappa shape index (κ1) is 15.7. The number of benzene rings is 1. The molecule has 1 atom stereocenters. The molecule has 1 N–H and O–H groups in total. The SMILES string of the molecule is OC(c1ccc(OC(F)(F)F)cc1OC(F)(F)F)C1CC1. The number of aliphatic hydroxyl groups excluding tert-OH is 1. The molecule has 2 rings (SSSR count). The molecule has 0 aliphatic heterocycles. The molecule has 1 aromatic rings. The third kappa shape index (κ3) is 4.69.